The van der Waals surface area contributed by atoms with Crippen molar-refractivity contribution in [3.63, 3.8) is 0 Å². The van der Waals surface area contributed by atoms with Crippen LogP contribution < -0.4 is 10.3 Å². The number of carbonyl (C=O) groups excluding carboxylic acids is 1. The van der Waals surface area contributed by atoms with Gasteiger partial charge in [0.1, 0.15) is 0 Å². The zero-order valence-corrected chi connectivity index (χ0v) is 16.2. The van der Waals surface area contributed by atoms with Crippen molar-refractivity contribution in [1.29, 1.82) is 0 Å². The van der Waals surface area contributed by atoms with Crippen LogP contribution in [0.3, 0.4) is 0 Å². The fourth-order valence-corrected chi connectivity index (χ4v) is 3.00. The van der Waals surface area contributed by atoms with E-state index in [1.54, 1.807) is 36.7 Å². The van der Waals surface area contributed by atoms with Gasteiger partial charge in [0, 0.05) is 33.6 Å². The average molecular weight is 401 g/mol. The number of halogens is 2. The summed E-state index contributed by atoms with van der Waals surface area (Å²) in [6.07, 6.45) is 4.62. The summed E-state index contributed by atoms with van der Waals surface area (Å²) >= 11 is 12.2. The monoisotopic (exact) mass is 400 g/mol. The van der Waals surface area contributed by atoms with E-state index in [0.29, 0.717) is 27.8 Å². The van der Waals surface area contributed by atoms with Gasteiger partial charge in [-0.25, -0.2) is 0 Å². The van der Waals surface area contributed by atoms with Crippen molar-refractivity contribution in [2.45, 2.75) is 19.8 Å². The summed E-state index contributed by atoms with van der Waals surface area (Å²) in [7, 11) is 0. The van der Waals surface area contributed by atoms with Gasteiger partial charge in [-0.15, -0.1) is 0 Å². The normalized spacial score (nSPS) is 10.5. The van der Waals surface area contributed by atoms with Crippen molar-refractivity contribution in [3.05, 3.63) is 93.2 Å². The van der Waals surface area contributed by atoms with Crippen LogP contribution in [-0.2, 0) is 12.8 Å². The van der Waals surface area contributed by atoms with Crippen molar-refractivity contribution in [1.82, 2.24) is 10.5 Å². The van der Waals surface area contributed by atoms with Gasteiger partial charge < -0.3 is 4.84 Å². The number of hydroxylamine groups is 1. The maximum absolute atomic E-state index is 12.2. The van der Waals surface area contributed by atoms with E-state index in [1.807, 2.05) is 31.2 Å². The Morgan fingerprint density at radius 1 is 1.00 bits per heavy atom. The second-order valence-corrected chi connectivity index (χ2v) is 6.89. The Balaban J connectivity index is 1.74. The number of aromatic nitrogens is 1. The minimum atomic E-state index is -0.339. The van der Waals surface area contributed by atoms with E-state index in [1.165, 1.54) is 0 Å². The second-order valence-electron chi connectivity index (χ2n) is 6.04. The lowest BCUT2D eigenvalue weighted by atomic mass is 9.99. The molecule has 0 unspecified atom stereocenters. The predicted octanol–water partition coefficient (Wildman–Crippen LogP) is 5.21. The van der Waals surface area contributed by atoms with Crippen LogP contribution >= 0.6 is 23.2 Å². The minimum absolute atomic E-state index is 0.339. The molecule has 3 rings (SSSR count). The molecule has 6 heteroatoms. The van der Waals surface area contributed by atoms with Gasteiger partial charge in [0.05, 0.1) is 0 Å². The number of benzene rings is 2. The third kappa shape index (κ3) is 5.00. The molecule has 1 aromatic heterocycles. The van der Waals surface area contributed by atoms with Gasteiger partial charge in [-0.2, -0.15) is 5.48 Å². The number of hydrogen-bond donors (Lipinski definition) is 1. The fourth-order valence-electron chi connectivity index (χ4n) is 2.69. The van der Waals surface area contributed by atoms with Crippen LogP contribution in [0.15, 0.2) is 60.9 Å². The highest BCUT2D eigenvalue weighted by molar-refractivity contribution is 6.31. The van der Waals surface area contributed by atoms with E-state index in [0.717, 1.165) is 23.1 Å². The number of aryl methyl sites for hydroxylation is 1. The SMILES string of the molecule is Cc1c(Cl)ccc(ONC(=O)c2ccncc2)c1CCc1ccc(Cl)cc1. The Morgan fingerprint density at radius 2 is 1.70 bits per heavy atom. The highest BCUT2D eigenvalue weighted by Gasteiger charge is 2.13. The molecule has 4 nitrogen and oxygen atoms in total. The van der Waals surface area contributed by atoms with Crippen molar-refractivity contribution in [2.24, 2.45) is 0 Å². The molecule has 3 aromatic rings. The lowest BCUT2D eigenvalue weighted by molar-refractivity contribution is 0.0758. The minimum Gasteiger partial charge on any atom is -0.379 e. The molecule has 1 amide bonds. The number of rotatable bonds is 6. The van der Waals surface area contributed by atoms with E-state index in [-0.39, 0.29) is 5.91 Å². The van der Waals surface area contributed by atoms with Crippen LogP contribution in [0.2, 0.25) is 10.0 Å². The molecule has 0 atom stereocenters. The van der Waals surface area contributed by atoms with Crippen LogP contribution in [0, 0.1) is 6.92 Å². The molecule has 0 radical (unpaired) electrons. The molecule has 0 aliphatic rings. The van der Waals surface area contributed by atoms with Crippen LogP contribution in [-0.4, -0.2) is 10.9 Å². The van der Waals surface area contributed by atoms with Gasteiger partial charge in [0.2, 0.25) is 0 Å². The van der Waals surface area contributed by atoms with Crippen molar-refractivity contribution < 1.29 is 9.63 Å². The summed E-state index contributed by atoms with van der Waals surface area (Å²) in [5.41, 5.74) is 5.99. The summed E-state index contributed by atoms with van der Waals surface area (Å²) in [6.45, 7) is 1.94. The van der Waals surface area contributed by atoms with Crippen molar-refractivity contribution in [2.75, 3.05) is 0 Å². The summed E-state index contributed by atoms with van der Waals surface area (Å²) in [4.78, 5) is 21.7. The smallest absolute Gasteiger partial charge is 0.284 e. The molecular weight excluding hydrogens is 383 g/mol. The summed E-state index contributed by atoms with van der Waals surface area (Å²) in [5, 5.41) is 1.37. The standard InChI is InChI=1S/C21H18Cl2N2O2/c1-14-18(7-4-15-2-5-17(22)6-3-15)20(9-8-19(14)23)27-25-21(26)16-10-12-24-13-11-16/h2-3,5-6,8-13H,4,7H2,1H3,(H,25,26). The molecule has 138 valence electrons. The first-order chi connectivity index (χ1) is 13.0. The maximum Gasteiger partial charge on any atom is 0.284 e. The molecule has 0 bridgehead atoms. The van der Waals surface area contributed by atoms with Crippen LogP contribution in [0.1, 0.15) is 27.0 Å². The molecule has 0 fully saturated rings. The molecule has 1 heterocycles. The lowest BCUT2D eigenvalue weighted by Crippen LogP contribution is -2.27. The fraction of sp³-hybridized carbons (Fsp3) is 0.143. The Kier molecular flexibility index (Phi) is 6.32. The molecule has 0 aliphatic carbocycles. The predicted molar refractivity (Wildman–Crippen MR) is 107 cm³/mol. The maximum atomic E-state index is 12.2. The zero-order valence-electron chi connectivity index (χ0n) is 14.7. The topological polar surface area (TPSA) is 51.2 Å². The van der Waals surface area contributed by atoms with E-state index < -0.39 is 0 Å². The Hall–Kier alpha value is -2.56. The number of nitrogens with one attached hydrogen (secondary N) is 1. The first kappa shape index (κ1) is 19.2. The van der Waals surface area contributed by atoms with Gasteiger partial charge in [-0.1, -0.05) is 35.3 Å². The van der Waals surface area contributed by atoms with E-state index in [4.69, 9.17) is 28.0 Å². The molecule has 0 spiro atoms. The van der Waals surface area contributed by atoms with Gasteiger partial charge in [-0.3, -0.25) is 9.78 Å². The molecule has 2 aromatic carbocycles. The van der Waals surface area contributed by atoms with Gasteiger partial charge in [0.15, 0.2) is 5.75 Å². The Labute approximate surface area is 168 Å². The molecule has 1 N–H and O–H groups in total. The molecule has 0 saturated heterocycles. The average Bonchev–Trinajstić information content (AvgIpc) is 2.70. The van der Waals surface area contributed by atoms with E-state index in [9.17, 15) is 4.79 Å². The van der Waals surface area contributed by atoms with Crippen molar-refractivity contribution in [3.8, 4) is 5.75 Å². The summed E-state index contributed by atoms with van der Waals surface area (Å²) in [6, 6.07) is 14.5. The number of carbonyl (C=O) groups is 1. The number of pyridine rings is 1. The van der Waals surface area contributed by atoms with Crippen LogP contribution in [0.5, 0.6) is 5.75 Å². The van der Waals surface area contributed by atoms with Gasteiger partial charge in [0.25, 0.3) is 5.91 Å². The third-order valence-electron chi connectivity index (χ3n) is 4.26. The highest BCUT2D eigenvalue weighted by Crippen LogP contribution is 2.29. The number of amides is 1. The summed E-state index contributed by atoms with van der Waals surface area (Å²) in [5.74, 6) is 0.238. The largest absolute Gasteiger partial charge is 0.379 e. The van der Waals surface area contributed by atoms with E-state index in [2.05, 4.69) is 10.5 Å². The highest BCUT2D eigenvalue weighted by atomic mass is 35.5. The van der Waals surface area contributed by atoms with Crippen LogP contribution in [0.4, 0.5) is 0 Å². The molecule has 0 saturated carbocycles. The molecule has 27 heavy (non-hydrogen) atoms. The Morgan fingerprint density at radius 3 is 2.41 bits per heavy atom. The number of nitrogens with zero attached hydrogens (tertiary/aromatic N) is 1. The Bertz CT molecular complexity index is 929. The van der Waals surface area contributed by atoms with Crippen LogP contribution in [0.25, 0.3) is 0 Å². The molecular formula is C21H18Cl2N2O2. The first-order valence-corrected chi connectivity index (χ1v) is 9.20. The van der Waals surface area contributed by atoms with Gasteiger partial charge >= 0.3 is 0 Å². The summed E-state index contributed by atoms with van der Waals surface area (Å²) < 4.78 is 0. The van der Waals surface area contributed by atoms with E-state index >= 15 is 0 Å². The first-order valence-electron chi connectivity index (χ1n) is 8.44. The lowest BCUT2D eigenvalue weighted by Gasteiger charge is -2.15. The molecule has 0 aliphatic heterocycles. The van der Waals surface area contributed by atoms with Gasteiger partial charge in [-0.05, 0) is 67.3 Å². The third-order valence-corrected chi connectivity index (χ3v) is 4.92. The zero-order chi connectivity index (χ0) is 19.2. The second kappa shape index (κ2) is 8.89. The number of hydrogen-bond acceptors (Lipinski definition) is 3. The van der Waals surface area contributed by atoms with Crippen molar-refractivity contribution >= 4 is 29.1 Å². The quantitative estimate of drug-likeness (QED) is 0.578.